The van der Waals surface area contributed by atoms with Crippen LogP contribution in [0.4, 0.5) is 0 Å². The first-order valence-electron chi connectivity index (χ1n) is 7.13. The molecule has 1 atom stereocenters. The zero-order chi connectivity index (χ0) is 17.7. The van der Waals surface area contributed by atoms with Crippen molar-refractivity contribution in [2.45, 2.75) is 19.1 Å². The normalized spacial score (nSPS) is 11.8. The number of hydrogen-bond acceptors (Lipinski definition) is 4. The monoisotopic (exact) mass is 369 g/mol. The molecular weight excluding hydrogens is 353 g/mol. The van der Waals surface area contributed by atoms with Crippen LogP contribution in [0.25, 0.3) is 0 Å². The predicted octanol–water partition coefficient (Wildman–Crippen LogP) is 3.54. The van der Waals surface area contributed by atoms with Gasteiger partial charge in [0.05, 0.1) is 12.1 Å². The molecule has 2 aromatic rings. The van der Waals surface area contributed by atoms with E-state index in [4.69, 9.17) is 43.5 Å². The van der Waals surface area contributed by atoms with E-state index in [9.17, 15) is 4.79 Å². The topological polar surface area (TPSA) is 81.8 Å². The van der Waals surface area contributed by atoms with Gasteiger partial charge in [-0.05, 0) is 36.2 Å². The molecule has 0 heterocycles. The van der Waals surface area contributed by atoms with Gasteiger partial charge in [-0.1, -0.05) is 35.3 Å². The number of ether oxygens (including phenoxy) is 2. The molecule has 0 amide bonds. The summed E-state index contributed by atoms with van der Waals surface area (Å²) in [5.41, 5.74) is 7.11. The summed E-state index contributed by atoms with van der Waals surface area (Å²) < 4.78 is 11.0. The Morgan fingerprint density at radius 3 is 2.67 bits per heavy atom. The first-order valence-corrected chi connectivity index (χ1v) is 7.89. The summed E-state index contributed by atoms with van der Waals surface area (Å²) in [6, 6.07) is 9.49. The Morgan fingerprint density at radius 2 is 2.00 bits per heavy atom. The van der Waals surface area contributed by atoms with E-state index in [1.165, 1.54) is 0 Å². The summed E-state index contributed by atoms with van der Waals surface area (Å²) in [7, 11) is 1.55. The van der Waals surface area contributed by atoms with Gasteiger partial charge in [-0.2, -0.15) is 0 Å². The van der Waals surface area contributed by atoms with Crippen LogP contribution >= 0.6 is 23.2 Å². The van der Waals surface area contributed by atoms with Gasteiger partial charge in [-0.25, -0.2) is 0 Å². The molecule has 0 radical (unpaired) electrons. The van der Waals surface area contributed by atoms with Crippen molar-refractivity contribution in [2.75, 3.05) is 7.11 Å². The molecule has 1 unspecified atom stereocenters. The lowest BCUT2D eigenvalue weighted by Crippen LogP contribution is -2.32. The summed E-state index contributed by atoms with van der Waals surface area (Å²) in [5, 5.41) is 9.66. The van der Waals surface area contributed by atoms with Crippen LogP contribution in [0.5, 0.6) is 11.5 Å². The SMILES string of the molecule is COc1ccc(CC(N)C(=O)O)cc1COc1cccc(Cl)c1Cl. The fraction of sp³-hybridized carbons (Fsp3) is 0.235. The van der Waals surface area contributed by atoms with E-state index < -0.39 is 12.0 Å². The lowest BCUT2D eigenvalue weighted by Gasteiger charge is -2.14. The number of carboxylic acid groups (broad SMARTS) is 1. The summed E-state index contributed by atoms with van der Waals surface area (Å²) in [5.74, 6) is 0.0361. The quantitative estimate of drug-likeness (QED) is 0.779. The van der Waals surface area contributed by atoms with Crippen LogP contribution in [-0.4, -0.2) is 24.2 Å². The third-order valence-electron chi connectivity index (χ3n) is 3.42. The fourth-order valence-electron chi connectivity index (χ4n) is 2.16. The Bertz CT molecular complexity index is 737. The number of methoxy groups -OCH3 is 1. The molecule has 3 N–H and O–H groups in total. The van der Waals surface area contributed by atoms with Gasteiger partial charge >= 0.3 is 5.97 Å². The molecule has 128 valence electrons. The highest BCUT2D eigenvalue weighted by molar-refractivity contribution is 6.42. The minimum Gasteiger partial charge on any atom is -0.496 e. The Balaban J connectivity index is 2.18. The molecule has 5 nitrogen and oxygen atoms in total. The maximum Gasteiger partial charge on any atom is 0.320 e. The highest BCUT2D eigenvalue weighted by atomic mass is 35.5. The Labute approximate surface area is 149 Å². The highest BCUT2D eigenvalue weighted by Crippen LogP contribution is 2.32. The lowest BCUT2D eigenvalue weighted by atomic mass is 10.0. The van der Waals surface area contributed by atoms with E-state index in [0.717, 1.165) is 11.1 Å². The van der Waals surface area contributed by atoms with E-state index in [0.29, 0.717) is 21.5 Å². The van der Waals surface area contributed by atoms with Gasteiger partial charge in [0.2, 0.25) is 0 Å². The second-order valence-electron chi connectivity index (χ2n) is 5.14. The number of halogens is 2. The molecule has 0 aliphatic rings. The van der Waals surface area contributed by atoms with Crippen LogP contribution in [-0.2, 0) is 17.8 Å². The predicted molar refractivity (Wildman–Crippen MR) is 93.1 cm³/mol. The first kappa shape index (κ1) is 18.4. The maximum absolute atomic E-state index is 10.9. The molecule has 0 aliphatic carbocycles. The molecule has 7 heteroatoms. The number of hydrogen-bond donors (Lipinski definition) is 2. The number of rotatable bonds is 7. The van der Waals surface area contributed by atoms with Crippen molar-refractivity contribution in [3.8, 4) is 11.5 Å². The molecule has 0 bridgehead atoms. The zero-order valence-electron chi connectivity index (χ0n) is 13.0. The molecular formula is C17H17Cl2NO4. The molecule has 0 aliphatic heterocycles. The van der Waals surface area contributed by atoms with Crippen LogP contribution in [0.2, 0.25) is 10.0 Å². The minimum atomic E-state index is -1.05. The standard InChI is InChI=1S/C17H17Cl2NO4/c1-23-14-6-5-10(8-13(20)17(21)22)7-11(14)9-24-15-4-2-3-12(18)16(15)19/h2-7,13H,8-9,20H2,1H3,(H,21,22). The van der Waals surface area contributed by atoms with Crippen molar-refractivity contribution >= 4 is 29.2 Å². The second-order valence-corrected chi connectivity index (χ2v) is 5.92. The molecule has 0 spiro atoms. The van der Waals surface area contributed by atoms with E-state index in [-0.39, 0.29) is 13.0 Å². The van der Waals surface area contributed by atoms with Crippen molar-refractivity contribution in [1.29, 1.82) is 0 Å². The average molecular weight is 370 g/mol. The molecule has 0 aromatic heterocycles. The van der Waals surface area contributed by atoms with Crippen molar-refractivity contribution in [1.82, 2.24) is 0 Å². The van der Waals surface area contributed by atoms with Gasteiger partial charge < -0.3 is 20.3 Å². The maximum atomic E-state index is 10.9. The minimum absolute atomic E-state index is 0.194. The largest absolute Gasteiger partial charge is 0.496 e. The molecule has 2 aromatic carbocycles. The van der Waals surface area contributed by atoms with Crippen molar-refractivity contribution in [3.05, 3.63) is 57.6 Å². The third kappa shape index (κ3) is 4.54. The summed E-state index contributed by atoms with van der Waals surface area (Å²) in [6.45, 7) is 0.194. The molecule has 0 saturated heterocycles. The van der Waals surface area contributed by atoms with Crippen molar-refractivity contribution < 1.29 is 19.4 Å². The molecule has 0 fully saturated rings. The van der Waals surface area contributed by atoms with E-state index >= 15 is 0 Å². The van der Waals surface area contributed by atoms with Crippen LogP contribution in [0, 0.1) is 0 Å². The number of benzene rings is 2. The number of aliphatic carboxylic acids is 1. The smallest absolute Gasteiger partial charge is 0.320 e. The lowest BCUT2D eigenvalue weighted by molar-refractivity contribution is -0.138. The van der Waals surface area contributed by atoms with Gasteiger partial charge in [0.1, 0.15) is 29.2 Å². The fourth-order valence-corrected chi connectivity index (χ4v) is 2.51. The average Bonchev–Trinajstić information content (AvgIpc) is 2.56. The van der Waals surface area contributed by atoms with Crippen molar-refractivity contribution in [3.63, 3.8) is 0 Å². The Morgan fingerprint density at radius 1 is 1.25 bits per heavy atom. The zero-order valence-corrected chi connectivity index (χ0v) is 14.5. The highest BCUT2D eigenvalue weighted by Gasteiger charge is 2.14. The summed E-state index contributed by atoms with van der Waals surface area (Å²) in [4.78, 5) is 10.9. The molecule has 24 heavy (non-hydrogen) atoms. The van der Waals surface area contributed by atoms with Gasteiger partial charge in [-0.15, -0.1) is 0 Å². The van der Waals surface area contributed by atoms with Crippen LogP contribution in [0.3, 0.4) is 0 Å². The summed E-state index contributed by atoms with van der Waals surface area (Å²) in [6.07, 6.45) is 0.213. The molecule has 0 saturated carbocycles. The van der Waals surface area contributed by atoms with Crippen LogP contribution in [0.1, 0.15) is 11.1 Å². The van der Waals surface area contributed by atoms with E-state index in [2.05, 4.69) is 0 Å². The number of carbonyl (C=O) groups is 1. The second kappa shape index (κ2) is 8.24. The first-order chi connectivity index (χ1) is 11.4. The van der Waals surface area contributed by atoms with Crippen molar-refractivity contribution in [2.24, 2.45) is 5.73 Å². The molecule has 2 rings (SSSR count). The number of nitrogens with two attached hydrogens (primary N) is 1. The Hall–Kier alpha value is -1.95. The Kier molecular flexibility index (Phi) is 6.31. The van der Waals surface area contributed by atoms with Gasteiger partial charge in [0.25, 0.3) is 0 Å². The van der Waals surface area contributed by atoms with Gasteiger partial charge in [0, 0.05) is 5.56 Å². The van der Waals surface area contributed by atoms with Crippen LogP contribution in [0.15, 0.2) is 36.4 Å². The van der Waals surface area contributed by atoms with Crippen LogP contribution < -0.4 is 15.2 Å². The van der Waals surface area contributed by atoms with Gasteiger partial charge in [0.15, 0.2) is 0 Å². The van der Waals surface area contributed by atoms with E-state index in [1.807, 2.05) is 0 Å². The third-order valence-corrected chi connectivity index (χ3v) is 4.22. The van der Waals surface area contributed by atoms with Gasteiger partial charge in [-0.3, -0.25) is 4.79 Å². The van der Waals surface area contributed by atoms with E-state index in [1.54, 1.807) is 43.5 Å². The number of carboxylic acids is 1. The summed E-state index contributed by atoms with van der Waals surface area (Å²) >= 11 is 12.1.